The van der Waals surface area contributed by atoms with E-state index in [1.54, 1.807) is 21.7 Å². The number of aromatic carboxylic acids is 1. The second-order valence-electron chi connectivity index (χ2n) is 6.05. The molecule has 0 aromatic carbocycles. The Morgan fingerprint density at radius 1 is 1.28 bits per heavy atom. The van der Waals surface area contributed by atoms with Gasteiger partial charge in [-0.1, -0.05) is 0 Å². The molecule has 0 unspecified atom stereocenters. The van der Waals surface area contributed by atoms with Crippen LogP contribution in [0, 0.1) is 6.92 Å². The van der Waals surface area contributed by atoms with Gasteiger partial charge in [-0.3, -0.25) is 9.48 Å². The summed E-state index contributed by atoms with van der Waals surface area (Å²) >= 11 is 0. The van der Waals surface area contributed by atoms with Crippen molar-refractivity contribution in [1.82, 2.24) is 19.7 Å². The molecule has 0 saturated carbocycles. The fourth-order valence-electron chi connectivity index (χ4n) is 3.00. The summed E-state index contributed by atoms with van der Waals surface area (Å²) in [4.78, 5) is 29.7. The van der Waals surface area contributed by atoms with Crippen LogP contribution >= 0.6 is 0 Å². The Labute approximate surface area is 145 Å². The van der Waals surface area contributed by atoms with Crippen LogP contribution < -0.4 is 4.74 Å². The zero-order valence-corrected chi connectivity index (χ0v) is 14.2. The lowest BCUT2D eigenvalue weighted by atomic mass is 10.0. The number of methoxy groups -OCH3 is 1. The number of carbonyl (C=O) groups is 2. The molecule has 3 rings (SSSR count). The number of nitrogens with zero attached hydrogens (tertiary/aromatic N) is 4. The standard InChI is InChI=1S/C17H20N4O4/c1-11-3-4-14(15(19-11)25-2)16(22)20-7-5-13(6-8-20)21-10-12(9-18-21)17(23)24/h3-4,9-10,13H,5-8H2,1-2H3,(H,23,24). The summed E-state index contributed by atoms with van der Waals surface area (Å²) in [5.41, 5.74) is 1.42. The molecule has 1 saturated heterocycles. The van der Waals surface area contributed by atoms with E-state index in [0.29, 0.717) is 37.4 Å². The van der Waals surface area contributed by atoms with Crippen molar-refractivity contribution in [2.75, 3.05) is 20.2 Å². The summed E-state index contributed by atoms with van der Waals surface area (Å²) in [5, 5.41) is 13.1. The summed E-state index contributed by atoms with van der Waals surface area (Å²) in [6.07, 6.45) is 4.32. The van der Waals surface area contributed by atoms with Crippen LogP contribution in [0.25, 0.3) is 0 Å². The van der Waals surface area contributed by atoms with Gasteiger partial charge in [0.05, 0.1) is 24.9 Å². The molecule has 1 N–H and O–H groups in total. The average molecular weight is 344 g/mol. The van der Waals surface area contributed by atoms with Gasteiger partial charge >= 0.3 is 5.97 Å². The third kappa shape index (κ3) is 3.47. The number of rotatable bonds is 4. The third-order valence-electron chi connectivity index (χ3n) is 4.40. The minimum absolute atomic E-state index is 0.0928. The molecular formula is C17H20N4O4. The van der Waals surface area contributed by atoms with E-state index in [0.717, 1.165) is 5.69 Å². The number of carbonyl (C=O) groups excluding carboxylic acids is 1. The lowest BCUT2D eigenvalue weighted by Crippen LogP contribution is -2.39. The van der Waals surface area contributed by atoms with E-state index < -0.39 is 5.97 Å². The lowest BCUT2D eigenvalue weighted by Gasteiger charge is -2.32. The molecule has 1 fully saturated rings. The highest BCUT2D eigenvalue weighted by Gasteiger charge is 2.27. The number of hydrogen-bond acceptors (Lipinski definition) is 5. The van der Waals surface area contributed by atoms with Gasteiger partial charge in [0.1, 0.15) is 5.56 Å². The third-order valence-corrected chi connectivity index (χ3v) is 4.40. The van der Waals surface area contributed by atoms with Crippen LogP contribution in [0.4, 0.5) is 0 Å². The quantitative estimate of drug-likeness (QED) is 0.908. The highest BCUT2D eigenvalue weighted by molar-refractivity contribution is 5.96. The minimum Gasteiger partial charge on any atom is -0.480 e. The van der Waals surface area contributed by atoms with Crippen molar-refractivity contribution in [2.24, 2.45) is 0 Å². The largest absolute Gasteiger partial charge is 0.480 e. The number of carboxylic acid groups (broad SMARTS) is 1. The van der Waals surface area contributed by atoms with Crippen molar-refractivity contribution in [3.8, 4) is 5.88 Å². The van der Waals surface area contributed by atoms with Gasteiger partial charge in [-0.15, -0.1) is 0 Å². The summed E-state index contributed by atoms with van der Waals surface area (Å²) in [6, 6.07) is 3.62. The van der Waals surface area contributed by atoms with Crippen molar-refractivity contribution in [2.45, 2.75) is 25.8 Å². The van der Waals surface area contributed by atoms with Crippen LogP contribution in [0.15, 0.2) is 24.5 Å². The first kappa shape index (κ1) is 16.9. The molecule has 8 nitrogen and oxygen atoms in total. The van der Waals surface area contributed by atoms with Crippen LogP contribution in [0.3, 0.4) is 0 Å². The summed E-state index contributed by atoms with van der Waals surface area (Å²) in [5.74, 6) is -0.752. The number of amides is 1. The normalized spacial score (nSPS) is 15.2. The smallest absolute Gasteiger partial charge is 0.338 e. The number of ether oxygens (including phenoxy) is 1. The highest BCUT2D eigenvalue weighted by Crippen LogP contribution is 2.25. The monoisotopic (exact) mass is 344 g/mol. The molecule has 1 aliphatic rings. The van der Waals surface area contributed by atoms with E-state index >= 15 is 0 Å². The van der Waals surface area contributed by atoms with Crippen LogP contribution in [-0.2, 0) is 0 Å². The second kappa shape index (κ2) is 6.92. The van der Waals surface area contributed by atoms with Crippen molar-refractivity contribution in [1.29, 1.82) is 0 Å². The molecular weight excluding hydrogens is 324 g/mol. The van der Waals surface area contributed by atoms with Gasteiger partial charge in [0.15, 0.2) is 0 Å². The lowest BCUT2D eigenvalue weighted by molar-refractivity contribution is 0.0684. The Kier molecular flexibility index (Phi) is 4.69. The molecule has 1 aliphatic heterocycles. The maximum atomic E-state index is 12.7. The molecule has 0 aliphatic carbocycles. The molecule has 0 spiro atoms. The molecule has 2 aromatic heterocycles. The van der Waals surface area contributed by atoms with Gasteiger partial charge < -0.3 is 14.7 Å². The second-order valence-corrected chi connectivity index (χ2v) is 6.05. The number of piperidine rings is 1. The fraction of sp³-hybridized carbons (Fsp3) is 0.412. The van der Waals surface area contributed by atoms with Crippen LogP contribution in [0.5, 0.6) is 5.88 Å². The molecule has 0 bridgehead atoms. The predicted octanol–water partition coefficient (Wildman–Crippen LogP) is 1.77. The molecule has 2 aromatic rings. The number of pyridine rings is 1. The van der Waals surface area contributed by atoms with Crippen LogP contribution in [-0.4, -0.2) is 56.8 Å². The average Bonchev–Trinajstić information content (AvgIpc) is 3.11. The first-order valence-electron chi connectivity index (χ1n) is 8.08. The maximum Gasteiger partial charge on any atom is 0.338 e. The summed E-state index contributed by atoms with van der Waals surface area (Å²) in [7, 11) is 1.50. The van der Waals surface area contributed by atoms with Gasteiger partial charge in [-0.05, 0) is 31.9 Å². The number of likely N-dealkylation sites (tertiary alicyclic amines) is 1. The summed E-state index contributed by atoms with van der Waals surface area (Å²) < 4.78 is 6.91. The van der Waals surface area contributed by atoms with Gasteiger partial charge in [0, 0.05) is 25.0 Å². The van der Waals surface area contributed by atoms with E-state index in [1.165, 1.54) is 19.5 Å². The first-order valence-corrected chi connectivity index (χ1v) is 8.08. The fourth-order valence-corrected chi connectivity index (χ4v) is 3.00. The number of aromatic nitrogens is 3. The Morgan fingerprint density at radius 3 is 2.60 bits per heavy atom. The van der Waals surface area contributed by atoms with Crippen LogP contribution in [0.1, 0.15) is 45.3 Å². The zero-order chi connectivity index (χ0) is 18.0. The van der Waals surface area contributed by atoms with Gasteiger partial charge in [0.2, 0.25) is 5.88 Å². The predicted molar refractivity (Wildman–Crippen MR) is 88.9 cm³/mol. The van der Waals surface area contributed by atoms with E-state index in [-0.39, 0.29) is 17.5 Å². The molecule has 1 amide bonds. The zero-order valence-electron chi connectivity index (χ0n) is 14.2. The van der Waals surface area contributed by atoms with Crippen molar-refractivity contribution in [3.63, 3.8) is 0 Å². The molecule has 3 heterocycles. The Hall–Kier alpha value is -2.90. The topological polar surface area (TPSA) is 97.6 Å². The Balaban J connectivity index is 1.67. The van der Waals surface area contributed by atoms with Gasteiger partial charge in [-0.2, -0.15) is 5.10 Å². The van der Waals surface area contributed by atoms with Gasteiger partial charge in [-0.25, -0.2) is 9.78 Å². The Bertz CT molecular complexity index is 794. The summed E-state index contributed by atoms with van der Waals surface area (Å²) in [6.45, 7) is 2.99. The minimum atomic E-state index is -0.988. The molecule has 0 radical (unpaired) electrons. The van der Waals surface area contributed by atoms with Crippen LogP contribution in [0.2, 0.25) is 0 Å². The van der Waals surface area contributed by atoms with Crippen molar-refractivity contribution in [3.05, 3.63) is 41.3 Å². The van der Waals surface area contributed by atoms with Crippen molar-refractivity contribution >= 4 is 11.9 Å². The molecule has 132 valence electrons. The number of aryl methyl sites for hydroxylation is 1. The molecule has 25 heavy (non-hydrogen) atoms. The SMILES string of the molecule is COc1nc(C)ccc1C(=O)N1CCC(n2cc(C(=O)O)cn2)CC1. The van der Waals surface area contributed by atoms with E-state index in [9.17, 15) is 9.59 Å². The van der Waals surface area contributed by atoms with E-state index in [1.807, 2.05) is 6.92 Å². The first-order chi connectivity index (χ1) is 12.0. The van der Waals surface area contributed by atoms with Crippen molar-refractivity contribution < 1.29 is 19.4 Å². The molecule has 8 heteroatoms. The highest BCUT2D eigenvalue weighted by atomic mass is 16.5. The molecule has 0 atom stereocenters. The maximum absolute atomic E-state index is 12.7. The number of hydrogen-bond donors (Lipinski definition) is 1. The van der Waals surface area contributed by atoms with E-state index in [2.05, 4.69) is 10.1 Å². The van der Waals surface area contributed by atoms with Gasteiger partial charge in [0.25, 0.3) is 5.91 Å². The Morgan fingerprint density at radius 2 is 2.00 bits per heavy atom. The number of carboxylic acids is 1. The van der Waals surface area contributed by atoms with E-state index in [4.69, 9.17) is 9.84 Å².